The summed E-state index contributed by atoms with van der Waals surface area (Å²) in [5, 5.41) is 5.75. The first-order chi connectivity index (χ1) is 11.6. The van der Waals surface area contributed by atoms with Gasteiger partial charge in [0.2, 0.25) is 5.95 Å². The number of aromatic nitrogens is 2. The van der Waals surface area contributed by atoms with Gasteiger partial charge in [-0.25, -0.2) is 14.4 Å². The van der Waals surface area contributed by atoms with E-state index in [-0.39, 0.29) is 11.5 Å². The van der Waals surface area contributed by atoms with Gasteiger partial charge in [0.1, 0.15) is 11.5 Å². The molecule has 5 nitrogen and oxygen atoms in total. The summed E-state index contributed by atoms with van der Waals surface area (Å²) in [6.45, 7) is 1.97. The molecule has 24 heavy (non-hydrogen) atoms. The van der Waals surface area contributed by atoms with Crippen LogP contribution in [0.25, 0.3) is 0 Å². The van der Waals surface area contributed by atoms with Crippen LogP contribution >= 0.6 is 0 Å². The number of hydrogen-bond donors (Lipinski definition) is 2. The number of anilines is 3. The number of benzene rings is 2. The average molecular weight is 322 g/mol. The maximum Gasteiger partial charge on any atom is 0.274 e. The Kier molecular flexibility index (Phi) is 4.47. The highest BCUT2D eigenvalue weighted by Gasteiger charge is 2.10. The van der Waals surface area contributed by atoms with Crippen molar-refractivity contribution in [3.63, 3.8) is 0 Å². The summed E-state index contributed by atoms with van der Waals surface area (Å²) in [4.78, 5) is 20.6. The van der Waals surface area contributed by atoms with Crippen molar-refractivity contribution in [1.82, 2.24) is 9.97 Å². The first-order valence-electron chi connectivity index (χ1n) is 7.34. The molecule has 0 spiro atoms. The molecule has 0 atom stereocenters. The lowest BCUT2D eigenvalue weighted by atomic mass is 10.2. The van der Waals surface area contributed by atoms with E-state index in [1.165, 1.54) is 36.5 Å². The molecule has 1 aromatic heterocycles. The van der Waals surface area contributed by atoms with Crippen molar-refractivity contribution in [1.29, 1.82) is 0 Å². The Bertz CT molecular complexity index is 865. The molecule has 0 unspecified atom stereocenters. The van der Waals surface area contributed by atoms with Crippen LogP contribution in [0.2, 0.25) is 0 Å². The molecule has 3 rings (SSSR count). The van der Waals surface area contributed by atoms with Crippen molar-refractivity contribution in [3.8, 4) is 0 Å². The topological polar surface area (TPSA) is 66.9 Å². The van der Waals surface area contributed by atoms with E-state index >= 15 is 0 Å². The minimum atomic E-state index is -0.392. The molecular formula is C18H15FN4O. The van der Waals surface area contributed by atoms with Gasteiger partial charge in [0.25, 0.3) is 5.91 Å². The average Bonchev–Trinajstić information content (AvgIpc) is 2.59. The summed E-state index contributed by atoms with van der Waals surface area (Å²) in [5.41, 5.74) is 2.62. The van der Waals surface area contributed by atoms with Crippen LogP contribution in [0.3, 0.4) is 0 Å². The van der Waals surface area contributed by atoms with Crippen LogP contribution in [-0.4, -0.2) is 15.9 Å². The molecule has 0 radical (unpaired) electrons. The first kappa shape index (κ1) is 15.6. The van der Waals surface area contributed by atoms with Crippen LogP contribution in [0, 0.1) is 12.7 Å². The van der Waals surface area contributed by atoms with Crippen molar-refractivity contribution in [3.05, 3.63) is 77.9 Å². The molecular weight excluding hydrogens is 307 g/mol. The molecule has 0 saturated carbocycles. The van der Waals surface area contributed by atoms with Gasteiger partial charge >= 0.3 is 0 Å². The lowest BCUT2D eigenvalue weighted by Gasteiger charge is -2.09. The molecule has 0 aliphatic rings. The number of amides is 1. The van der Waals surface area contributed by atoms with Crippen LogP contribution in [0.1, 0.15) is 16.1 Å². The Morgan fingerprint density at radius 1 is 1.04 bits per heavy atom. The summed E-state index contributed by atoms with van der Waals surface area (Å²) >= 11 is 0. The number of carbonyl (C=O) groups is 1. The number of aryl methyl sites for hydroxylation is 1. The number of nitrogens with one attached hydrogen (secondary N) is 2. The molecule has 1 heterocycles. The van der Waals surface area contributed by atoms with Gasteiger partial charge in [0.15, 0.2) is 0 Å². The summed E-state index contributed by atoms with van der Waals surface area (Å²) < 4.78 is 12.9. The molecule has 120 valence electrons. The molecule has 0 aliphatic carbocycles. The molecule has 6 heteroatoms. The SMILES string of the molecule is Cc1ccccc1Nc1nccc(C(=O)Nc2ccc(F)cc2)n1. The van der Waals surface area contributed by atoms with Crippen molar-refractivity contribution >= 4 is 23.2 Å². The zero-order chi connectivity index (χ0) is 16.9. The zero-order valence-electron chi connectivity index (χ0n) is 13.0. The van der Waals surface area contributed by atoms with Crippen LogP contribution in [0.4, 0.5) is 21.7 Å². The molecule has 0 saturated heterocycles. The Morgan fingerprint density at radius 3 is 2.54 bits per heavy atom. The number of hydrogen-bond acceptors (Lipinski definition) is 4. The quantitative estimate of drug-likeness (QED) is 0.764. The van der Waals surface area contributed by atoms with Crippen molar-refractivity contribution in [2.75, 3.05) is 10.6 Å². The Morgan fingerprint density at radius 2 is 1.79 bits per heavy atom. The zero-order valence-corrected chi connectivity index (χ0v) is 13.0. The van der Waals surface area contributed by atoms with Crippen LogP contribution in [-0.2, 0) is 0 Å². The van der Waals surface area contributed by atoms with E-state index in [4.69, 9.17) is 0 Å². The second-order valence-corrected chi connectivity index (χ2v) is 5.17. The molecule has 2 aromatic carbocycles. The highest BCUT2D eigenvalue weighted by Crippen LogP contribution is 2.17. The van der Waals surface area contributed by atoms with E-state index in [9.17, 15) is 9.18 Å². The van der Waals surface area contributed by atoms with Gasteiger partial charge < -0.3 is 10.6 Å². The highest BCUT2D eigenvalue weighted by molar-refractivity contribution is 6.02. The van der Waals surface area contributed by atoms with Crippen LogP contribution in [0.15, 0.2) is 60.8 Å². The Hall–Kier alpha value is -3.28. The van der Waals surface area contributed by atoms with E-state index in [0.717, 1.165) is 11.3 Å². The van der Waals surface area contributed by atoms with Gasteiger partial charge in [-0.2, -0.15) is 0 Å². The third-order valence-electron chi connectivity index (χ3n) is 3.38. The maximum absolute atomic E-state index is 12.9. The predicted molar refractivity (Wildman–Crippen MR) is 90.8 cm³/mol. The number of rotatable bonds is 4. The third-order valence-corrected chi connectivity index (χ3v) is 3.38. The highest BCUT2D eigenvalue weighted by atomic mass is 19.1. The molecule has 1 amide bonds. The van der Waals surface area contributed by atoms with Crippen molar-refractivity contribution in [2.24, 2.45) is 0 Å². The summed E-state index contributed by atoms with van der Waals surface area (Å²) in [6.07, 6.45) is 1.51. The molecule has 0 aliphatic heterocycles. The van der Waals surface area contributed by atoms with Gasteiger partial charge in [0.05, 0.1) is 0 Å². The fourth-order valence-corrected chi connectivity index (χ4v) is 2.11. The second kappa shape index (κ2) is 6.87. The van der Waals surface area contributed by atoms with E-state index in [1.54, 1.807) is 0 Å². The monoisotopic (exact) mass is 322 g/mol. The number of nitrogens with zero attached hydrogens (tertiary/aromatic N) is 2. The molecule has 0 bridgehead atoms. The molecule has 2 N–H and O–H groups in total. The van der Waals surface area contributed by atoms with E-state index in [0.29, 0.717) is 11.6 Å². The lowest BCUT2D eigenvalue weighted by molar-refractivity contribution is 0.102. The predicted octanol–water partition coefficient (Wildman–Crippen LogP) is 3.92. The minimum absolute atomic E-state index is 0.213. The standard InChI is InChI=1S/C18H15FN4O/c1-12-4-2-3-5-15(12)22-18-20-11-10-16(23-18)17(24)21-14-8-6-13(19)7-9-14/h2-11H,1H3,(H,21,24)(H,20,22,23). The largest absolute Gasteiger partial charge is 0.324 e. The lowest BCUT2D eigenvalue weighted by Crippen LogP contribution is -2.14. The van der Waals surface area contributed by atoms with Gasteiger partial charge in [-0.15, -0.1) is 0 Å². The summed E-state index contributed by atoms with van der Waals surface area (Å²) in [6, 6.07) is 14.8. The van der Waals surface area contributed by atoms with Gasteiger partial charge in [-0.3, -0.25) is 4.79 Å². The normalized spacial score (nSPS) is 10.2. The minimum Gasteiger partial charge on any atom is -0.324 e. The fourth-order valence-electron chi connectivity index (χ4n) is 2.11. The van der Waals surface area contributed by atoms with Gasteiger partial charge in [-0.1, -0.05) is 18.2 Å². The fraction of sp³-hybridized carbons (Fsp3) is 0.0556. The number of halogens is 1. The number of para-hydroxylation sites is 1. The second-order valence-electron chi connectivity index (χ2n) is 5.17. The first-order valence-corrected chi connectivity index (χ1v) is 7.34. The van der Waals surface area contributed by atoms with Crippen LogP contribution < -0.4 is 10.6 Å². The Labute approximate surface area is 138 Å². The summed E-state index contributed by atoms with van der Waals surface area (Å²) in [7, 11) is 0. The Balaban J connectivity index is 1.76. The molecule has 0 fully saturated rings. The smallest absolute Gasteiger partial charge is 0.274 e. The van der Waals surface area contributed by atoms with Crippen LogP contribution in [0.5, 0.6) is 0 Å². The number of carbonyl (C=O) groups excluding carboxylic acids is 1. The van der Waals surface area contributed by atoms with Crippen molar-refractivity contribution < 1.29 is 9.18 Å². The van der Waals surface area contributed by atoms with Crippen molar-refractivity contribution in [2.45, 2.75) is 6.92 Å². The van der Waals surface area contributed by atoms with Gasteiger partial charge in [-0.05, 0) is 48.9 Å². The molecule has 3 aromatic rings. The summed E-state index contributed by atoms with van der Waals surface area (Å²) in [5.74, 6) is -0.423. The van der Waals surface area contributed by atoms with E-state index in [2.05, 4.69) is 20.6 Å². The third kappa shape index (κ3) is 3.73. The van der Waals surface area contributed by atoms with E-state index in [1.807, 2.05) is 31.2 Å². The maximum atomic E-state index is 12.9. The van der Waals surface area contributed by atoms with Gasteiger partial charge in [0, 0.05) is 17.6 Å². The van der Waals surface area contributed by atoms with E-state index < -0.39 is 5.91 Å².